The first-order valence-electron chi connectivity index (χ1n) is 9.09. The van der Waals surface area contributed by atoms with E-state index in [2.05, 4.69) is 15.4 Å². The second kappa shape index (κ2) is 6.88. The van der Waals surface area contributed by atoms with Crippen molar-refractivity contribution in [3.8, 4) is 10.6 Å². The van der Waals surface area contributed by atoms with Gasteiger partial charge in [0.2, 0.25) is 0 Å². The number of rotatable bonds is 5. The van der Waals surface area contributed by atoms with Crippen molar-refractivity contribution in [1.29, 1.82) is 0 Å². The summed E-state index contributed by atoms with van der Waals surface area (Å²) in [6.07, 6.45) is 8.59. The fourth-order valence-electron chi connectivity index (χ4n) is 3.34. The molecular weight excluding hydrogens is 334 g/mol. The van der Waals surface area contributed by atoms with E-state index in [1.165, 1.54) is 24.2 Å². The average molecular weight is 359 g/mol. The van der Waals surface area contributed by atoms with Gasteiger partial charge in [0.1, 0.15) is 9.88 Å². The molecule has 1 aliphatic carbocycles. The van der Waals surface area contributed by atoms with Gasteiger partial charge in [0, 0.05) is 37.9 Å². The topological polar surface area (TPSA) is 63.1 Å². The van der Waals surface area contributed by atoms with Crippen LogP contribution in [0, 0.1) is 12.8 Å². The molecule has 0 atom stereocenters. The normalized spacial score (nSPS) is 18.7. The van der Waals surface area contributed by atoms with E-state index >= 15 is 0 Å². The second-order valence-corrected chi connectivity index (χ2v) is 8.25. The largest absolute Gasteiger partial charge is 0.338 e. The van der Waals surface area contributed by atoms with Crippen molar-refractivity contribution >= 4 is 17.2 Å². The highest BCUT2D eigenvalue weighted by Gasteiger charge is 2.28. The van der Waals surface area contributed by atoms with Crippen LogP contribution in [0.4, 0.5) is 0 Å². The maximum Gasteiger partial charge on any atom is 0.265 e. The first-order valence-corrected chi connectivity index (χ1v) is 9.91. The van der Waals surface area contributed by atoms with Crippen LogP contribution in [0.2, 0.25) is 0 Å². The molecule has 2 aliphatic rings. The Morgan fingerprint density at radius 2 is 2.08 bits per heavy atom. The summed E-state index contributed by atoms with van der Waals surface area (Å²) in [5.41, 5.74) is 1.79. The molecule has 0 bridgehead atoms. The SMILES string of the molecule is Cc1nc(-c2cnn(C)c2)sc1C(=O)N1CCC(NCC2CC2)CC1. The Balaban J connectivity index is 1.38. The Morgan fingerprint density at radius 1 is 1.32 bits per heavy atom. The van der Waals surface area contributed by atoms with E-state index in [4.69, 9.17) is 0 Å². The van der Waals surface area contributed by atoms with E-state index in [1.54, 1.807) is 10.9 Å². The Bertz CT molecular complexity index is 755. The van der Waals surface area contributed by atoms with Crippen LogP contribution in [-0.2, 0) is 7.05 Å². The molecule has 2 aromatic rings. The number of hydrogen-bond acceptors (Lipinski definition) is 5. The smallest absolute Gasteiger partial charge is 0.265 e. The predicted octanol–water partition coefficient (Wildman–Crippen LogP) is 2.46. The van der Waals surface area contributed by atoms with Gasteiger partial charge in [-0.3, -0.25) is 9.48 Å². The molecule has 4 rings (SSSR count). The van der Waals surface area contributed by atoms with Crippen molar-refractivity contribution in [3.63, 3.8) is 0 Å². The van der Waals surface area contributed by atoms with Crippen molar-refractivity contribution in [2.45, 2.75) is 38.6 Å². The highest BCUT2D eigenvalue weighted by Crippen LogP contribution is 2.30. The Hall–Kier alpha value is -1.73. The molecule has 1 amide bonds. The quantitative estimate of drug-likeness (QED) is 0.891. The Kier molecular flexibility index (Phi) is 4.60. The highest BCUT2D eigenvalue weighted by molar-refractivity contribution is 7.17. The van der Waals surface area contributed by atoms with Crippen molar-refractivity contribution in [1.82, 2.24) is 25.0 Å². The summed E-state index contributed by atoms with van der Waals surface area (Å²) in [7, 11) is 1.89. The third-order valence-electron chi connectivity index (χ3n) is 5.12. The lowest BCUT2D eigenvalue weighted by Crippen LogP contribution is -2.45. The monoisotopic (exact) mass is 359 g/mol. The number of hydrogen-bond donors (Lipinski definition) is 1. The van der Waals surface area contributed by atoms with Crippen molar-refractivity contribution in [3.05, 3.63) is 23.0 Å². The van der Waals surface area contributed by atoms with E-state index in [1.807, 2.05) is 25.1 Å². The molecule has 2 aromatic heterocycles. The molecule has 6 nitrogen and oxygen atoms in total. The number of carbonyl (C=O) groups is 1. The number of carbonyl (C=O) groups excluding carboxylic acids is 1. The standard InChI is InChI=1S/C18H25N5OS/c1-12-16(25-17(21-12)14-10-20-22(2)11-14)18(24)23-7-5-15(6-8-23)19-9-13-3-4-13/h10-11,13,15,19H,3-9H2,1-2H3. The zero-order valence-corrected chi connectivity index (χ0v) is 15.7. The van der Waals surface area contributed by atoms with Gasteiger partial charge < -0.3 is 10.2 Å². The van der Waals surface area contributed by atoms with E-state index in [0.29, 0.717) is 6.04 Å². The number of thiazole rings is 1. The van der Waals surface area contributed by atoms with E-state index in [9.17, 15) is 4.79 Å². The molecule has 1 N–H and O–H groups in total. The fraction of sp³-hybridized carbons (Fsp3) is 0.611. The van der Waals surface area contributed by atoms with Gasteiger partial charge in [-0.25, -0.2) is 4.98 Å². The molecule has 0 unspecified atom stereocenters. The van der Waals surface area contributed by atoms with Gasteiger partial charge in [0.05, 0.1) is 11.9 Å². The molecule has 0 spiro atoms. The molecule has 2 fully saturated rings. The molecular formula is C18H25N5OS. The summed E-state index contributed by atoms with van der Waals surface area (Å²) in [5, 5.41) is 8.73. The molecule has 7 heteroatoms. The molecule has 0 aromatic carbocycles. The summed E-state index contributed by atoms with van der Waals surface area (Å²) in [5.74, 6) is 1.04. The van der Waals surface area contributed by atoms with Crippen LogP contribution < -0.4 is 5.32 Å². The number of aryl methyl sites for hydroxylation is 2. The third-order valence-corrected chi connectivity index (χ3v) is 6.31. The van der Waals surface area contributed by atoms with E-state index < -0.39 is 0 Å². The fourth-order valence-corrected chi connectivity index (χ4v) is 4.34. The first-order chi connectivity index (χ1) is 12.1. The van der Waals surface area contributed by atoms with Gasteiger partial charge in [0.25, 0.3) is 5.91 Å². The molecule has 1 saturated heterocycles. The van der Waals surface area contributed by atoms with E-state index in [0.717, 1.165) is 59.5 Å². The molecule has 0 radical (unpaired) electrons. The third kappa shape index (κ3) is 3.77. The maximum atomic E-state index is 12.9. The van der Waals surface area contributed by atoms with Crippen LogP contribution in [0.5, 0.6) is 0 Å². The number of amides is 1. The van der Waals surface area contributed by atoms with Crippen LogP contribution in [0.3, 0.4) is 0 Å². The summed E-state index contributed by atoms with van der Waals surface area (Å²) < 4.78 is 1.76. The van der Waals surface area contributed by atoms with Crippen LogP contribution in [-0.4, -0.2) is 51.2 Å². The van der Waals surface area contributed by atoms with Crippen molar-refractivity contribution in [2.75, 3.05) is 19.6 Å². The zero-order valence-electron chi connectivity index (χ0n) is 14.9. The Morgan fingerprint density at radius 3 is 2.72 bits per heavy atom. The molecule has 3 heterocycles. The minimum absolute atomic E-state index is 0.130. The first kappa shape index (κ1) is 16.7. The summed E-state index contributed by atoms with van der Waals surface area (Å²) >= 11 is 1.48. The summed E-state index contributed by atoms with van der Waals surface area (Å²) in [6.45, 7) is 4.75. The molecule has 134 valence electrons. The number of likely N-dealkylation sites (tertiary alicyclic amines) is 1. The number of nitrogens with zero attached hydrogens (tertiary/aromatic N) is 4. The lowest BCUT2D eigenvalue weighted by Gasteiger charge is -2.32. The van der Waals surface area contributed by atoms with Gasteiger partial charge in [-0.2, -0.15) is 5.10 Å². The average Bonchev–Trinajstić information content (AvgIpc) is 3.22. The van der Waals surface area contributed by atoms with Gasteiger partial charge >= 0.3 is 0 Å². The molecule has 25 heavy (non-hydrogen) atoms. The van der Waals surface area contributed by atoms with Crippen LogP contribution >= 0.6 is 11.3 Å². The predicted molar refractivity (Wildman–Crippen MR) is 98.7 cm³/mol. The summed E-state index contributed by atoms with van der Waals surface area (Å²) in [4.78, 5) is 20.3. The van der Waals surface area contributed by atoms with Crippen LogP contribution in [0.25, 0.3) is 10.6 Å². The lowest BCUT2D eigenvalue weighted by molar-refractivity contribution is 0.0709. The highest BCUT2D eigenvalue weighted by atomic mass is 32.1. The minimum atomic E-state index is 0.130. The number of piperidine rings is 1. The van der Waals surface area contributed by atoms with Gasteiger partial charge in [0.15, 0.2) is 0 Å². The number of aromatic nitrogens is 3. The lowest BCUT2D eigenvalue weighted by atomic mass is 10.0. The molecule has 1 aliphatic heterocycles. The van der Waals surface area contributed by atoms with E-state index in [-0.39, 0.29) is 5.91 Å². The second-order valence-electron chi connectivity index (χ2n) is 7.25. The maximum absolute atomic E-state index is 12.9. The van der Waals surface area contributed by atoms with Gasteiger partial charge in [-0.05, 0) is 45.1 Å². The minimum Gasteiger partial charge on any atom is -0.338 e. The van der Waals surface area contributed by atoms with Crippen LogP contribution in [0.15, 0.2) is 12.4 Å². The summed E-state index contributed by atoms with van der Waals surface area (Å²) in [6, 6.07) is 0.568. The van der Waals surface area contributed by atoms with Crippen LogP contribution in [0.1, 0.15) is 41.0 Å². The Labute approximate surface area is 152 Å². The molecule has 1 saturated carbocycles. The van der Waals surface area contributed by atoms with Crippen molar-refractivity contribution < 1.29 is 4.79 Å². The zero-order chi connectivity index (χ0) is 17.4. The van der Waals surface area contributed by atoms with Gasteiger partial charge in [-0.1, -0.05) is 0 Å². The van der Waals surface area contributed by atoms with Crippen molar-refractivity contribution in [2.24, 2.45) is 13.0 Å². The van der Waals surface area contributed by atoms with Gasteiger partial charge in [-0.15, -0.1) is 11.3 Å². The number of nitrogens with one attached hydrogen (secondary N) is 1.